The molecule has 0 spiro atoms. The SMILES string of the molecule is CCOP1SCCCS1. The smallest absolute Gasteiger partial charge is 0.151 e. The van der Waals surface area contributed by atoms with Crippen molar-refractivity contribution in [2.24, 2.45) is 0 Å². The molecule has 1 aliphatic rings. The van der Waals surface area contributed by atoms with E-state index in [1.165, 1.54) is 17.9 Å². The molecule has 0 N–H and O–H groups in total. The van der Waals surface area contributed by atoms with Crippen LogP contribution in [0, 0.1) is 0 Å². The lowest BCUT2D eigenvalue weighted by Crippen LogP contribution is -1.90. The fraction of sp³-hybridized carbons (Fsp3) is 1.00. The van der Waals surface area contributed by atoms with E-state index in [4.69, 9.17) is 4.52 Å². The lowest BCUT2D eigenvalue weighted by molar-refractivity contribution is 0.394. The van der Waals surface area contributed by atoms with E-state index in [9.17, 15) is 0 Å². The van der Waals surface area contributed by atoms with Crippen molar-refractivity contribution in [1.82, 2.24) is 0 Å². The van der Waals surface area contributed by atoms with Crippen LogP contribution in [0.4, 0.5) is 0 Å². The molecule has 1 heterocycles. The van der Waals surface area contributed by atoms with Crippen LogP contribution in [0.1, 0.15) is 13.3 Å². The summed E-state index contributed by atoms with van der Waals surface area (Å²) in [6.07, 6.45) is 1.36. The van der Waals surface area contributed by atoms with Gasteiger partial charge in [0.15, 0.2) is 6.55 Å². The molecule has 1 saturated heterocycles. The van der Waals surface area contributed by atoms with Gasteiger partial charge in [-0.15, -0.1) is 0 Å². The summed E-state index contributed by atoms with van der Waals surface area (Å²) in [5, 5.41) is 0. The summed E-state index contributed by atoms with van der Waals surface area (Å²) in [7, 11) is 0. The van der Waals surface area contributed by atoms with Crippen LogP contribution in [-0.4, -0.2) is 18.1 Å². The molecular weight excluding hydrogens is 171 g/mol. The summed E-state index contributed by atoms with van der Waals surface area (Å²) in [6.45, 7) is 2.81. The minimum absolute atomic E-state index is 0.139. The molecule has 0 saturated carbocycles. The third kappa shape index (κ3) is 3.13. The first kappa shape index (κ1) is 8.19. The standard InChI is InChI=1S/C5H11OPS2/c1-2-6-7-8-4-3-5-9-7/h2-5H2,1H3. The Balaban J connectivity index is 2.08. The fourth-order valence-corrected chi connectivity index (χ4v) is 7.00. The third-order valence-electron chi connectivity index (χ3n) is 0.917. The highest BCUT2D eigenvalue weighted by atomic mass is 33.1. The van der Waals surface area contributed by atoms with Gasteiger partial charge in [0.1, 0.15) is 0 Å². The first-order valence-electron chi connectivity index (χ1n) is 3.12. The maximum Gasteiger partial charge on any atom is 0.151 e. The first-order chi connectivity index (χ1) is 4.43. The normalized spacial score (nSPS) is 22.3. The Bertz CT molecular complexity index is 72.6. The largest absolute Gasteiger partial charge is 0.339 e. The summed E-state index contributed by atoms with van der Waals surface area (Å²) in [5.41, 5.74) is 0. The van der Waals surface area contributed by atoms with Crippen molar-refractivity contribution in [1.29, 1.82) is 0 Å². The second kappa shape index (κ2) is 4.84. The van der Waals surface area contributed by atoms with Gasteiger partial charge in [-0.05, 0) is 13.3 Å². The first-order valence-corrected chi connectivity index (χ1v) is 7.56. The third-order valence-corrected chi connectivity index (χ3v) is 7.64. The zero-order valence-electron chi connectivity index (χ0n) is 5.50. The molecule has 0 aromatic carbocycles. The van der Waals surface area contributed by atoms with Crippen LogP contribution in [0.15, 0.2) is 0 Å². The van der Waals surface area contributed by atoms with Gasteiger partial charge in [-0.3, -0.25) is 0 Å². The Labute approximate surface area is 65.6 Å². The van der Waals surface area contributed by atoms with Crippen LogP contribution in [0.3, 0.4) is 0 Å². The van der Waals surface area contributed by atoms with Gasteiger partial charge in [0, 0.05) is 11.5 Å². The van der Waals surface area contributed by atoms with Gasteiger partial charge in [-0.25, -0.2) is 0 Å². The highest BCUT2D eigenvalue weighted by Gasteiger charge is 2.13. The molecule has 0 bridgehead atoms. The summed E-state index contributed by atoms with van der Waals surface area (Å²) >= 11 is 3.99. The Morgan fingerprint density at radius 1 is 1.44 bits per heavy atom. The van der Waals surface area contributed by atoms with E-state index in [0.717, 1.165) is 6.61 Å². The molecule has 4 heteroatoms. The zero-order chi connectivity index (χ0) is 6.53. The molecule has 9 heavy (non-hydrogen) atoms. The van der Waals surface area contributed by atoms with Crippen molar-refractivity contribution < 1.29 is 4.52 Å². The predicted molar refractivity (Wildman–Crippen MR) is 48.1 cm³/mol. The quantitative estimate of drug-likeness (QED) is 0.607. The maximum atomic E-state index is 5.47. The van der Waals surface area contributed by atoms with E-state index in [-0.39, 0.29) is 6.55 Å². The van der Waals surface area contributed by atoms with Gasteiger partial charge >= 0.3 is 0 Å². The van der Waals surface area contributed by atoms with E-state index in [1.807, 2.05) is 22.8 Å². The highest BCUT2D eigenvalue weighted by Crippen LogP contribution is 2.64. The van der Waals surface area contributed by atoms with E-state index in [1.54, 1.807) is 0 Å². The van der Waals surface area contributed by atoms with Crippen molar-refractivity contribution in [2.75, 3.05) is 18.1 Å². The van der Waals surface area contributed by atoms with Crippen LogP contribution in [-0.2, 0) is 4.52 Å². The van der Waals surface area contributed by atoms with Gasteiger partial charge in [0.2, 0.25) is 0 Å². The lowest BCUT2D eigenvalue weighted by Gasteiger charge is -2.18. The van der Waals surface area contributed by atoms with E-state index in [2.05, 4.69) is 6.92 Å². The molecule has 0 aromatic heterocycles. The molecule has 0 aromatic rings. The Kier molecular flexibility index (Phi) is 4.40. The van der Waals surface area contributed by atoms with Crippen LogP contribution in [0.25, 0.3) is 0 Å². The Morgan fingerprint density at radius 3 is 2.67 bits per heavy atom. The Morgan fingerprint density at radius 2 is 2.11 bits per heavy atom. The van der Waals surface area contributed by atoms with Crippen molar-refractivity contribution in [3.63, 3.8) is 0 Å². The van der Waals surface area contributed by atoms with Gasteiger partial charge in [0.25, 0.3) is 0 Å². The molecule has 0 radical (unpaired) electrons. The second-order valence-electron chi connectivity index (χ2n) is 1.66. The second-order valence-corrected chi connectivity index (χ2v) is 7.93. The molecule has 1 fully saturated rings. The average molecular weight is 182 g/mol. The summed E-state index contributed by atoms with van der Waals surface area (Å²) in [4.78, 5) is 0. The topological polar surface area (TPSA) is 9.23 Å². The molecule has 1 aliphatic heterocycles. The van der Waals surface area contributed by atoms with Crippen molar-refractivity contribution in [3.05, 3.63) is 0 Å². The minimum atomic E-state index is -0.139. The number of rotatable bonds is 2. The van der Waals surface area contributed by atoms with Gasteiger partial charge in [-0.1, -0.05) is 22.8 Å². The van der Waals surface area contributed by atoms with E-state index >= 15 is 0 Å². The molecule has 1 rings (SSSR count). The predicted octanol–water partition coefficient (Wildman–Crippen LogP) is 3.12. The zero-order valence-corrected chi connectivity index (χ0v) is 8.03. The molecule has 0 atom stereocenters. The molecule has 54 valence electrons. The molecule has 1 nitrogen and oxygen atoms in total. The van der Waals surface area contributed by atoms with Crippen LogP contribution < -0.4 is 0 Å². The minimum Gasteiger partial charge on any atom is -0.339 e. The molecule has 0 aliphatic carbocycles. The molecule has 0 unspecified atom stereocenters. The lowest BCUT2D eigenvalue weighted by atomic mass is 10.6. The van der Waals surface area contributed by atoms with Crippen molar-refractivity contribution in [2.45, 2.75) is 13.3 Å². The number of hydrogen-bond donors (Lipinski definition) is 0. The van der Waals surface area contributed by atoms with Crippen LogP contribution in [0.5, 0.6) is 0 Å². The summed E-state index contributed by atoms with van der Waals surface area (Å²) in [6, 6.07) is 0. The van der Waals surface area contributed by atoms with E-state index in [0.29, 0.717) is 0 Å². The Hall–Kier alpha value is 1.09. The average Bonchev–Trinajstić information content (AvgIpc) is 1.91. The molecular formula is C5H11OPS2. The molecule has 0 amide bonds. The van der Waals surface area contributed by atoms with Gasteiger partial charge in [0.05, 0.1) is 6.61 Å². The van der Waals surface area contributed by atoms with Gasteiger partial charge in [-0.2, -0.15) is 0 Å². The van der Waals surface area contributed by atoms with Gasteiger partial charge < -0.3 is 4.52 Å². The maximum absolute atomic E-state index is 5.47. The summed E-state index contributed by atoms with van der Waals surface area (Å²) in [5.74, 6) is 2.61. The highest BCUT2D eigenvalue weighted by molar-refractivity contribution is 8.87. The summed E-state index contributed by atoms with van der Waals surface area (Å²) < 4.78 is 5.47. The monoisotopic (exact) mass is 182 g/mol. The van der Waals surface area contributed by atoms with Crippen LogP contribution >= 0.6 is 29.3 Å². The van der Waals surface area contributed by atoms with Crippen molar-refractivity contribution in [3.8, 4) is 0 Å². The van der Waals surface area contributed by atoms with Crippen molar-refractivity contribution >= 4 is 29.3 Å². The number of hydrogen-bond acceptors (Lipinski definition) is 3. The fourth-order valence-electron chi connectivity index (χ4n) is 0.554. The van der Waals surface area contributed by atoms with E-state index < -0.39 is 0 Å². The van der Waals surface area contributed by atoms with Crippen LogP contribution in [0.2, 0.25) is 0 Å².